The first-order chi connectivity index (χ1) is 9.55. The first kappa shape index (κ1) is 15.7. The van der Waals surface area contributed by atoms with Gasteiger partial charge in [-0.1, -0.05) is 6.92 Å². The third kappa shape index (κ3) is 3.89. The number of thiophene rings is 2. The minimum absolute atomic E-state index is 0.353. The van der Waals surface area contributed by atoms with Gasteiger partial charge in [-0.2, -0.15) is 0 Å². The molecule has 2 rings (SSSR count). The van der Waals surface area contributed by atoms with E-state index in [1.54, 1.807) is 17.4 Å². The van der Waals surface area contributed by atoms with Crippen LogP contribution in [0.25, 0.3) is 0 Å². The van der Waals surface area contributed by atoms with E-state index < -0.39 is 10.0 Å². The molecular weight excluding hydrogens is 312 g/mol. The fraction of sp³-hybridized carbons (Fsp3) is 0.385. The summed E-state index contributed by atoms with van der Waals surface area (Å²) >= 11 is 2.90. The van der Waals surface area contributed by atoms with Crippen LogP contribution in [0.4, 0.5) is 0 Å². The van der Waals surface area contributed by atoms with Crippen LogP contribution in [0.3, 0.4) is 0 Å². The molecule has 2 aromatic heterocycles. The largest absolute Gasteiger partial charge is 0.316 e. The van der Waals surface area contributed by atoms with Crippen molar-refractivity contribution in [3.8, 4) is 0 Å². The molecular formula is C13H18N2O2S3. The summed E-state index contributed by atoms with van der Waals surface area (Å²) in [5.41, 5.74) is 0.988. The lowest BCUT2D eigenvalue weighted by Gasteiger charge is -2.02. The summed E-state index contributed by atoms with van der Waals surface area (Å²) in [7, 11) is -1.57. The van der Waals surface area contributed by atoms with Gasteiger partial charge in [-0.15, -0.1) is 22.7 Å². The Labute approximate surface area is 127 Å². The average molecular weight is 330 g/mol. The van der Waals surface area contributed by atoms with Gasteiger partial charge < -0.3 is 5.32 Å². The van der Waals surface area contributed by atoms with E-state index >= 15 is 0 Å². The monoisotopic (exact) mass is 330 g/mol. The SMILES string of the molecule is CCc1ccc(CNS(=O)(=O)c2cc(CNC)cs2)s1. The van der Waals surface area contributed by atoms with Gasteiger partial charge in [0.05, 0.1) is 0 Å². The van der Waals surface area contributed by atoms with Crippen molar-refractivity contribution in [1.29, 1.82) is 0 Å². The standard InChI is InChI=1S/C13H18N2O2S3/c1-3-11-4-5-12(19-11)8-15-20(16,17)13-6-10(7-14-2)9-18-13/h4-6,9,14-15H,3,7-8H2,1-2H3. The normalized spacial score (nSPS) is 11.9. The molecule has 0 aliphatic carbocycles. The third-order valence-corrected chi connectivity index (χ3v) is 6.90. The molecule has 0 aromatic carbocycles. The highest BCUT2D eigenvalue weighted by Gasteiger charge is 2.16. The van der Waals surface area contributed by atoms with Gasteiger partial charge in [0.2, 0.25) is 10.0 Å². The molecule has 0 saturated heterocycles. The molecule has 0 unspecified atom stereocenters. The average Bonchev–Trinajstić information content (AvgIpc) is 3.06. The molecule has 2 heterocycles. The van der Waals surface area contributed by atoms with E-state index in [4.69, 9.17) is 0 Å². The molecule has 0 radical (unpaired) electrons. The van der Waals surface area contributed by atoms with Gasteiger partial charge in [-0.25, -0.2) is 13.1 Å². The smallest absolute Gasteiger partial charge is 0.250 e. The van der Waals surface area contributed by atoms with Crippen molar-refractivity contribution in [3.63, 3.8) is 0 Å². The second-order valence-electron chi connectivity index (χ2n) is 4.35. The lowest BCUT2D eigenvalue weighted by atomic mass is 10.3. The maximum atomic E-state index is 12.2. The molecule has 0 atom stereocenters. The van der Waals surface area contributed by atoms with E-state index in [0.717, 1.165) is 16.9 Å². The van der Waals surface area contributed by atoms with Crippen molar-refractivity contribution in [2.45, 2.75) is 30.6 Å². The lowest BCUT2D eigenvalue weighted by Crippen LogP contribution is -2.21. The van der Waals surface area contributed by atoms with Crippen LogP contribution in [-0.4, -0.2) is 15.5 Å². The van der Waals surface area contributed by atoms with Gasteiger partial charge in [0, 0.05) is 22.8 Å². The maximum absolute atomic E-state index is 12.2. The van der Waals surface area contributed by atoms with Gasteiger partial charge in [-0.05, 0) is 42.6 Å². The van der Waals surface area contributed by atoms with Crippen molar-refractivity contribution in [2.24, 2.45) is 0 Å². The Balaban J connectivity index is 2.02. The van der Waals surface area contributed by atoms with Crippen molar-refractivity contribution in [2.75, 3.05) is 7.05 Å². The van der Waals surface area contributed by atoms with E-state index in [0.29, 0.717) is 17.3 Å². The molecule has 2 aromatic rings. The minimum atomic E-state index is -3.41. The van der Waals surface area contributed by atoms with Crippen LogP contribution in [0.1, 0.15) is 22.2 Å². The summed E-state index contributed by atoms with van der Waals surface area (Å²) in [4.78, 5) is 2.31. The highest BCUT2D eigenvalue weighted by molar-refractivity contribution is 7.91. The van der Waals surface area contributed by atoms with E-state index in [-0.39, 0.29) is 0 Å². The summed E-state index contributed by atoms with van der Waals surface area (Å²) in [6, 6.07) is 5.74. The second kappa shape index (κ2) is 6.82. The summed E-state index contributed by atoms with van der Waals surface area (Å²) in [5, 5.41) is 4.88. The summed E-state index contributed by atoms with van der Waals surface area (Å²) in [6.45, 7) is 3.12. The number of hydrogen-bond acceptors (Lipinski definition) is 5. The van der Waals surface area contributed by atoms with Crippen molar-refractivity contribution in [3.05, 3.63) is 38.9 Å². The molecule has 0 aliphatic heterocycles. The number of aryl methyl sites for hydroxylation is 1. The Morgan fingerprint density at radius 3 is 2.60 bits per heavy atom. The molecule has 110 valence electrons. The van der Waals surface area contributed by atoms with E-state index in [2.05, 4.69) is 17.0 Å². The van der Waals surface area contributed by atoms with Crippen LogP contribution in [0.5, 0.6) is 0 Å². The zero-order chi connectivity index (χ0) is 14.6. The molecule has 2 N–H and O–H groups in total. The number of sulfonamides is 1. The minimum Gasteiger partial charge on any atom is -0.316 e. The molecule has 4 nitrogen and oxygen atoms in total. The Hall–Kier alpha value is -0.730. The third-order valence-electron chi connectivity index (χ3n) is 2.78. The Morgan fingerprint density at radius 2 is 1.95 bits per heavy atom. The molecule has 20 heavy (non-hydrogen) atoms. The van der Waals surface area contributed by atoms with Gasteiger partial charge in [0.1, 0.15) is 4.21 Å². The predicted molar refractivity (Wildman–Crippen MR) is 84.8 cm³/mol. The zero-order valence-electron chi connectivity index (χ0n) is 11.5. The highest BCUT2D eigenvalue weighted by atomic mass is 32.2. The lowest BCUT2D eigenvalue weighted by molar-refractivity contribution is 0.584. The number of nitrogens with one attached hydrogen (secondary N) is 2. The van der Waals surface area contributed by atoms with E-state index in [1.807, 2.05) is 24.6 Å². The summed E-state index contributed by atoms with van der Waals surface area (Å²) < 4.78 is 27.4. The van der Waals surface area contributed by atoms with Crippen molar-refractivity contribution in [1.82, 2.24) is 10.0 Å². The fourth-order valence-corrected chi connectivity index (χ4v) is 4.98. The molecule has 0 aliphatic rings. The molecule has 0 spiro atoms. The first-order valence-corrected chi connectivity index (χ1v) is 9.52. The van der Waals surface area contributed by atoms with Gasteiger partial charge in [0.25, 0.3) is 0 Å². The van der Waals surface area contributed by atoms with Crippen molar-refractivity contribution >= 4 is 32.7 Å². The Kier molecular flexibility index (Phi) is 5.34. The van der Waals surface area contributed by atoms with Crippen molar-refractivity contribution < 1.29 is 8.42 Å². The van der Waals surface area contributed by atoms with Crippen LogP contribution in [0, 0.1) is 0 Å². The quantitative estimate of drug-likeness (QED) is 0.820. The number of rotatable bonds is 7. The van der Waals surface area contributed by atoms with Gasteiger partial charge >= 0.3 is 0 Å². The summed E-state index contributed by atoms with van der Waals surface area (Å²) in [5.74, 6) is 0. The first-order valence-electron chi connectivity index (χ1n) is 6.34. The molecule has 0 saturated carbocycles. The second-order valence-corrected chi connectivity index (χ2v) is 8.51. The summed E-state index contributed by atoms with van der Waals surface area (Å²) in [6.07, 6.45) is 0.982. The Morgan fingerprint density at radius 1 is 1.20 bits per heavy atom. The van der Waals surface area contributed by atoms with Crippen LogP contribution in [0.15, 0.2) is 27.8 Å². The van der Waals surface area contributed by atoms with Crippen LogP contribution < -0.4 is 10.0 Å². The molecule has 0 fully saturated rings. The maximum Gasteiger partial charge on any atom is 0.250 e. The van der Waals surface area contributed by atoms with Crippen LogP contribution in [0.2, 0.25) is 0 Å². The van der Waals surface area contributed by atoms with E-state index in [1.165, 1.54) is 16.2 Å². The highest BCUT2D eigenvalue weighted by Crippen LogP contribution is 2.21. The number of hydrogen-bond donors (Lipinski definition) is 2. The van der Waals surface area contributed by atoms with Gasteiger partial charge in [0.15, 0.2) is 0 Å². The van der Waals surface area contributed by atoms with Gasteiger partial charge in [-0.3, -0.25) is 0 Å². The van der Waals surface area contributed by atoms with E-state index in [9.17, 15) is 8.42 Å². The van der Waals surface area contributed by atoms with Crippen LogP contribution in [-0.2, 0) is 29.5 Å². The molecule has 0 bridgehead atoms. The topological polar surface area (TPSA) is 58.2 Å². The predicted octanol–water partition coefficient (Wildman–Crippen LogP) is 2.57. The molecule has 7 heteroatoms. The Bertz CT molecular complexity index is 659. The molecule has 0 amide bonds. The van der Waals surface area contributed by atoms with Crippen LogP contribution >= 0.6 is 22.7 Å². The zero-order valence-corrected chi connectivity index (χ0v) is 13.9. The fourth-order valence-electron chi connectivity index (χ4n) is 1.74.